The van der Waals surface area contributed by atoms with Gasteiger partial charge in [0.05, 0.1) is 26.9 Å². The predicted molar refractivity (Wildman–Crippen MR) is 107 cm³/mol. The van der Waals surface area contributed by atoms with E-state index in [2.05, 4.69) is 5.32 Å². The van der Waals surface area contributed by atoms with E-state index in [1.165, 1.54) is 25.3 Å². The zero-order valence-corrected chi connectivity index (χ0v) is 16.6. The molecule has 1 amide bonds. The summed E-state index contributed by atoms with van der Waals surface area (Å²) in [6.07, 6.45) is 3.82. The Morgan fingerprint density at radius 1 is 1.11 bits per heavy atom. The van der Waals surface area contributed by atoms with Gasteiger partial charge in [0.2, 0.25) is 5.91 Å². The van der Waals surface area contributed by atoms with Crippen molar-refractivity contribution in [1.29, 1.82) is 0 Å². The van der Waals surface area contributed by atoms with Crippen LogP contribution in [0.15, 0.2) is 42.5 Å². The van der Waals surface area contributed by atoms with Crippen LogP contribution in [0, 0.1) is 5.82 Å². The fourth-order valence-electron chi connectivity index (χ4n) is 2.59. The van der Waals surface area contributed by atoms with Crippen LogP contribution in [0.4, 0.5) is 4.39 Å². The smallest absolute Gasteiger partial charge is 0.244 e. The van der Waals surface area contributed by atoms with E-state index in [0.29, 0.717) is 23.7 Å². The number of benzene rings is 2. The van der Waals surface area contributed by atoms with Crippen molar-refractivity contribution in [3.05, 3.63) is 59.4 Å². The van der Waals surface area contributed by atoms with E-state index in [1.807, 2.05) is 32.0 Å². The minimum absolute atomic E-state index is 0.163. The Morgan fingerprint density at radius 3 is 2.46 bits per heavy atom. The molecule has 28 heavy (non-hydrogen) atoms. The standard InChI is InChI=1S/C22H26FNO4/c1-5-12-28-20-10-8-17(14-21(20)27-4)15(2)24-22(25)11-7-16-6-9-19(26-3)18(23)13-16/h6-11,13-15H,5,12H2,1-4H3,(H,24,25)/b11-7+. The third kappa shape index (κ3) is 5.74. The SMILES string of the molecule is CCCOc1ccc(C(C)NC(=O)/C=C/c2ccc(OC)c(F)c2)cc1OC. The highest BCUT2D eigenvalue weighted by Gasteiger charge is 2.12. The van der Waals surface area contributed by atoms with Gasteiger partial charge in [-0.05, 0) is 54.8 Å². The lowest BCUT2D eigenvalue weighted by Crippen LogP contribution is -2.24. The van der Waals surface area contributed by atoms with E-state index in [1.54, 1.807) is 19.3 Å². The summed E-state index contributed by atoms with van der Waals surface area (Å²) in [5, 5.41) is 2.88. The van der Waals surface area contributed by atoms with Crippen LogP contribution in [0.2, 0.25) is 0 Å². The Bertz CT molecular complexity index is 835. The number of halogens is 1. The van der Waals surface area contributed by atoms with Gasteiger partial charge >= 0.3 is 0 Å². The molecule has 2 aromatic carbocycles. The Labute approximate surface area is 165 Å². The van der Waals surface area contributed by atoms with E-state index in [4.69, 9.17) is 14.2 Å². The number of carbonyl (C=O) groups excluding carboxylic acids is 1. The van der Waals surface area contributed by atoms with Gasteiger partial charge in [-0.2, -0.15) is 0 Å². The van der Waals surface area contributed by atoms with Crippen molar-refractivity contribution in [1.82, 2.24) is 5.32 Å². The molecule has 0 saturated heterocycles. The topological polar surface area (TPSA) is 56.8 Å². The quantitative estimate of drug-likeness (QED) is 0.643. The van der Waals surface area contributed by atoms with Crippen LogP contribution >= 0.6 is 0 Å². The summed E-state index contributed by atoms with van der Waals surface area (Å²) in [4.78, 5) is 12.2. The van der Waals surface area contributed by atoms with E-state index < -0.39 is 5.82 Å². The molecule has 1 N–H and O–H groups in total. The molecule has 1 atom stereocenters. The van der Waals surface area contributed by atoms with Crippen LogP contribution in [0.25, 0.3) is 6.08 Å². The number of nitrogens with one attached hydrogen (secondary N) is 1. The molecule has 0 aliphatic heterocycles. The molecule has 0 bridgehead atoms. The molecule has 0 spiro atoms. The molecular formula is C22H26FNO4. The zero-order chi connectivity index (χ0) is 20.5. The monoisotopic (exact) mass is 387 g/mol. The van der Waals surface area contributed by atoms with E-state index in [0.717, 1.165) is 12.0 Å². The maximum Gasteiger partial charge on any atom is 0.244 e. The second-order valence-electron chi connectivity index (χ2n) is 6.22. The summed E-state index contributed by atoms with van der Waals surface area (Å²) < 4.78 is 29.6. The number of methoxy groups -OCH3 is 2. The molecular weight excluding hydrogens is 361 g/mol. The van der Waals surface area contributed by atoms with Gasteiger partial charge in [-0.25, -0.2) is 4.39 Å². The molecule has 6 heteroatoms. The molecule has 0 aromatic heterocycles. The highest BCUT2D eigenvalue weighted by Crippen LogP contribution is 2.30. The van der Waals surface area contributed by atoms with Crippen molar-refractivity contribution in [3.8, 4) is 17.2 Å². The second kappa shape index (κ2) is 10.3. The molecule has 5 nitrogen and oxygen atoms in total. The number of ether oxygens (including phenoxy) is 3. The molecule has 0 aliphatic carbocycles. The highest BCUT2D eigenvalue weighted by atomic mass is 19.1. The van der Waals surface area contributed by atoms with E-state index >= 15 is 0 Å². The van der Waals surface area contributed by atoms with Crippen molar-refractivity contribution in [2.75, 3.05) is 20.8 Å². The van der Waals surface area contributed by atoms with Gasteiger partial charge in [0.25, 0.3) is 0 Å². The van der Waals surface area contributed by atoms with Crippen LogP contribution in [-0.2, 0) is 4.79 Å². The van der Waals surface area contributed by atoms with Crippen LogP contribution in [0.1, 0.15) is 37.4 Å². The first-order valence-corrected chi connectivity index (χ1v) is 9.11. The molecule has 0 fully saturated rings. The third-order valence-electron chi connectivity index (χ3n) is 4.11. The maximum absolute atomic E-state index is 13.7. The van der Waals surface area contributed by atoms with Gasteiger partial charge in [-0.1, -0.05) is 19.1 Å². The third-order valence-corrected chi connectivity index (χ3v) is 4.11. The predicted octanol–water partition coefficient (Wildman–Crippen LogP) is 4.52. The Balaban J connectivity index is 2.02. The summed E-state index contributed by atoms with van der Waals surface area (Å²) in [5.41, 5.74) is 1.46. The minimum atomic E-state index is -0.476. The Kier molecular flexibility index (Phi) is 7.87. The first-order chi connectivity index (χ1) is 13.5. The fourth-order valence-corrected chi connectivity index (χ4v) is 2.59. The molecule has 0 heterocycles. The summed E-state index contributed by atoms with van der Waals surface area (Å²) in [6, 6.07) is 9.84. The molecule has 0 radical (unpaired) electrons. The van der Waals surface area contributed by atoms with Crippen molar-refractivity contribution in [2.45, 2.75) is 26.3 Å². The minimum Gasteiger partial charge on any atom is -0.494 e. The zero-order valence-electron chi connectivity index (χ0n) is 16.6. The first-order valence-electron chi connectivity index (χ1n) is 9.11. The van der Waals surface area contributed by atoms with Gasteiger partial charge in [0.1, 0.15) is 0 Å². The van der Waals surface area contributed by atoms with Crippen molar-refractivity contribution in [2.24, 2.45) is 0 Å². The maximum atomic E-state index is 13.7. The average molecular weight is 387 g/mol. The Hall–Kier alpha value is -3.02. The molecule has 2 aromatic rings. The van der Waals surface area contributed by atoms with E-state index in [9.17, 15) is 9.18 Å². The van der Waals surface area contributed by atoms with Crippen LogP contribution in [0.3, 0.4) is 0 Å². The molecule has 1 unspecified atom stereocenters. The van der Waals surface area contributed by atoms with Gasteiger partial charge in [-0.15, -0.1) is 0 Å². The second-order valence-corrected chi connectivity index (χ2v) is 6.22. The Morgan fingerprint density at radius 2 is 1.82 bits per heavy atom. The number of carbonyl (C=O) groups is 1. The number of rotatable bonds is 9. The lowest BCUT2D eigenvalue weighted by molar-refractivity contribution is -0.117. The van der Waals surface area contributed by atoms with Gasteiger partial charge in [-0.3, -0.25) is 4.79 Å². The molecule has 2 rings (SSSR count). The van der Waals surface area contributed by atoms with Crippen LogP contribution in [0.5, 0.6) is 17.2 Å². The average Bonchev–Trinajstić information content (AvgIpc) is 2.70. The van der Waals surface area contributed by atoms with Crippen molar-refractivity contribution < 1.29 is 23.4 Å². The summed E-state index contributed by atoms with van der Waals surface area (Å²) >= 11 is 0. The van der Waals surface area contributed by atoms with Gasteiger partial charge in [0, 0.05) is 6.08 Å². The summed E-state index contributed by atoms with van der Waals surface area (Å²) in [7, 11) is 2.98. The number of amides is 1. The van der Waals surface area contributed by atoms with Crippen molar-refractivity contribution >= 4 is 12.0 Å². The van der Waals surface area contributed by atoms with Crippen LogP contribution < -0.4 is 19.5 Å². The highest BCUT2D eigenvalue weighted by molar-refractivity contribution is 5.92. The molecule has 0 saturated carbocycles. The largest absolute Gasteiger partial charge is 0.494 e. The number of hydrogen-bond donors (Lipinski definition) is 1. The fraction of sp³-hybridized carbons (Fsp3) is 0.318. The molecule has 0 aliphatic rings. The van der Waals surface area contributed by atoms with E-state index in [-0.39, 0.29) is 17.7 Å². The van der Waals surface area contributed by atoms with Gasteiger partial charge in [0.15, 0.2) is 23.1 Å². The van der Waals surface area contributed by atoms with Gasteiger partial charge < -0.3 is 19.5 Å². The molecule has 150 valence electrons. The summed E-state index contributed by atoms with van der Waals surface area (Å²) in [6.45, 7) is 4.52. The van der Waals surface area contributed by atoms with Crippen LogP contribution in [-0.4, -0.2) is 26.7 Å². The lowest BCUT2D eigenvalue weighted by atomic mass is 10.1. The first kappa shape index (κ1) is 21.3. The van der Waals surface area contributed by atoms with Crippen molar-refractivity contribution in [3.63, 3.8) is 0 Å². The number of hydrogen-bond acceptors (Lipinski definition) is 4. The lowest BCUT2D eigenvalue weighted by Gasteiger charge is -2.16. The normalized spacial score (nSPS) is 11.9. The summed E-state index contributed by atoms with van der Waals surface area (Å²) in [5.74, 6) is 0.699.